The van der Waals surface area contributed by atoms with Gasteiger partial charge >= 0.3 is 0 Å². The minimum Gasteiger partial charge on any atom is -0.492 e. The molecule has 5 rings (SSSR count). The van der Waals surface area contributed by atoms with Crippen LogP contribution in [0.5, 0.6) is 5.75 Å². The molecule has 3 heterocycles. The van der Waals surface area contributed by atoms with Crippen LogP contribution in [0.3, 0.4) is 0 Å². The van der Waals surface area contributed by atoms with Gasteiger partial charge in [-0.1, -0.05) is 12.1 Å². The van der Waals surface area contributed by atoms with Crippen LogP contribution >= 0.6 is 0 Å². The van der Waals surface area contributed by atoms with Crippen molar-refractivity contribution < 1.29 is 9.53 Å². The number of H-pyrrole nitrogens is 1. The van der Waals surface area contributed by atoms with E-state index in [0.717, 1.165) is 62.4 Å². The summed E-state index contributed by atoms with van der Waals surface area (Å²) in [6.45, 7) is 4.94. The summed E-state index contributed by atoms with van der Waals surface area (Å²) in [7, 11) is 0. The number of ether oxygens (including phenoxy) is 1. The molecule has 0 spiro atoms. The number of aromatic nitrogens is 1. The Hall–Kier alpha value is -2.79. The second-order valence-corrected chi connectivity index (χ2v) is 7.78. The zero-order valence-electron chi connectivity index (χ0n) is 16.0. The molecule has 2 aromatic carbocycles. The van der Waals surface area contributed by atoms with Crippen LogP contribution in [0.4, 0.5) is 0 Å². The minimum absolute atomic E-state index is 0.147. The van der Waals surface area contributed by atoms with Gasteiger partial charge in [0.25, 0.3) is 5.91 Å². The lowest BCUT2D eigenvalue weighted by Crippen LogP contribution is -2.28. The molecule has 0 unspecified atom stereocenters. The van der Waals surface area contributed by atoms with Crippen LogP contribution in [0.1, 0.15) is 34.3 Å². The molecule has 1 N–H and O–H groups in total. The first-order chi connectivity index (χ1) is 13.8. The van der Waals surface area contributed by atoms with Crippen LogP contribution in [0.15, 0.2) is 48.7 Å². The molecule has 144 valence electrons. The zero-order valence-corrected chi connectivity index (χ0v) is 16.0. The average Bonchev–Trinajstić information content (AvgIpc) is 3.36. The fourth-order valence-corrected chi connectivity index (χ4v) is 4.27. The Bertz CT molecular complexity index is 1000. The number of hydrogen-bond acceptors (Lipinski definition) is 3. The molecule has 5 heteroatoms. The van der Waals surface area contributed by atoms with Crippen LogP contribution < -0.4 is 4.74 Å². The number of carbonyl (C=O) groups excluding carboxylic acids is 1. The number of aromatic amines is 1. The zero-order chi connectivity index (χ0) is 18.9. The number of likely N-dealkylation sites (tertiary alicyclic amines) is 1. The highest BCUT2D eigenvalue weighted by molar-refractivity contribution is 5.94. The highest BCUT2D eigenvalue weighted by Gasteiger charge is 2.22. The molecular formula is C23H25N3O2. The van der Waals surface area contributed by atoms with Gasteiger partial charge < -0.3 is 14.6 Å². The van der Waals surface area contributed by atoms with E-state index in [1.54, 1.807) is 0 Å². The minimum atomic E-state index is 0.147. The van der Waals surface area contributed by atoms with E-state index in [0.29, 0.717) is 6.61 Å². The van der Waals surface area contributed by atoms with Crippen molar-refractivity contribution in [3.8, 4) is 5.75 Å². The van der Waals surface area contributed by atoms with Crippen LogP contribution in [-0.2, 0) is 13.1 Å². The fraction of sp³-hybridized carbons (Fsp3) is 0.348. The van der Waals surface area contributed by atoms with E-state index in [1.807, 2.05) is 29.3 Å². The number of carbonyl (C=O) groups is 1. The molecule has 3 aromatic rings. The molecule has 0 radical (unpaired) electrons. The van der Waals surface area contributed by atoms with E-state index in [1.165, 1.54) is 16.5 Å². The van der Waals surface area contributed by atoms with Crippen molar-refractivity contribution in [1.29, 1.82) is 0 Å². The molecule has 2 aliphatic heterocycles. The predicted molar refractivity (Wildman–Crippen MR) is 109 cm³/mol. The third-order valence-electron chi connectivity index (χ3n) is 5.79. The van der Waals surface area contributed by atoms with Crippen molar-refractivity contribution in [2.75, 3.05) is 26.2 Å². The number of hydrogen-bond donors (Lipinski definition) is 1. The van der Waals surface area contributed by atoms with Gasteiger partial charge in [0, 0.05) is 55.6 Å². The molecule has 2 aliphatic rings. The molecule has 0 atom stereocenters. The van der Waals surface area contributed by atoms with E-state index in [2.05, 4.69) is 34.1 Å². The first-order valence-electron chi connectivity index (χ1n) is 10.1. The van der Waals surface area contributed by atoms with Gasteiger partial charge in [-0.05, 0) is 54.1 Å². The number of nitrogens with zero attached hydrogens (tertiary/aromatic N) is 2. The van der Waals surface area contributed by atoms with Crippen LogP contribution in [0.25, 0.3) is 10.9 Å². The van der Waals surface area contributed by atoms with E-state index >= 15 is 0 Å². The standard InChI is InChI=1S/C23H25N3O2/c27-23(26-9-1-2-10-26)19-5-6-22-20(14-19)16-25(11-12-28-22)15-17-3-4-18-7-8-24-21(18)13-17/h3-8,13-14,24H,1-2,9-12,15-16H2. The van der Waals surface area contributed by atoms with Gasteiger partial charge in [0.1, 0.15) is 12.4 Å². The van der Waals surface area contributed by atoms with Crippen LogP contribution in [0.2, 0.25) is 0 Å². The van der Waals surface area contributed by atoms with Gasteiger partial charge in [-0.25, -0.2) is 0 Å². The number of fused-ring (bicyclic) bond motifs is 2. The summed E-state index contributed by atoms with van der Waals surface area (Å²) < 4.78 is 5.96. The highest BCUT2D eigenvalue weighted by atomic mass is 16.5. The molecular weight excluding hydrogens is 350 g/mol. The smallest absolute Gasteiger partial charge is 0.253 e. The molecule has 28 heavy (non-hydrogen) atoms. The molecule has 1 aromatic heterocycles. The first-order valence-corrected chi connectivity index (χ1v) is 10.1. The predicted octanol–water partition coefficient (Wildman–Crippen LogP) is 3.80. The van der Waals surface area contributed by atoms with E-state index in [9.17, 15) is 4.79 Å². The first kappa shape index (κ1) is 17.3. The lowest BCUT2D eigenvalue weighted by atomic mass is 10.1. The third-order valence-corrected chi connectivity index (χ3v) is 5.79. The van der Waals surface area contributed by atoms with Crippen molar-refractivity contribution in [2.24, 2.45) is 0 Å². The second-order valence-electron chi connectivity index (χ2n) is 7.78. The van der Waals surface area contributed by atoms with Gasteiger partial charge in [-0.3, -0.25) is 9.69 Å². The summed E-state index contributed by atoms with van der Waals surface area (Å²) in [5, 5.41) is 1.23. The summed E-state index contributed by atoms with van der Waals surface area (Å²) in [5.74, 6) is 1.05. The number of rotatable bonds is 3. The third kappa shape index (κ3) is 3.38. The van der Waals surface area contributed by atoms with Crippen molar-refractivity contribution in [3.63, 3.8) is 0 Å². The van der Waals surface area contributed by atoms with E-state index in [4.69, 9.17) is 4.74 Å². The number of benzene rings is 2. The molecule has 1 saturated heterocycles. The maximum Gasteiger partial charge on any atom is 0.253 e. The lowest BCUT2D eigenvalue weighted by Gasteiger charge is -2.20. The quantitative estimate of drug-likeness (QED) is 0.758. The van der Waals surface area contributed by atoms with Crippen LogP contribution in [-0.4, -0.2) is 46.9 Å². The summed E-state index contributed by atoms with van der Waals surface area (Å²) >= 11 is 0. The maximum absolute atomic E-state index is 12.8. The van der Waals surface area contributed by atoms with Crippen molar-refractivity contribution >= 4 is 16.8 Å². The van der Waals surface area contributed by atoms with Gasteiger partial charge in [0.2, 0.25) is 0 Å². The Morgan fingerprint density at radius 2 is 1.93 bits per heavy atom. The highest BCUT2D eigenvalue weighted by Crippen LogP contribution is 2.27. The Kier molecular flexibility index (Phi) is 4.53. The molecule has 0 bridgehead atoms. The second kappa shape index (κ2) is 7.32. The summed E-state index contributed by atoms with van der Waals surface area (Å²) in [6, 6.07) is 14.6. The maximum atomic E-state index is 12.8. The Labute approximate surface area is 164 Å². The normalized spacial score (nSPS) is 17.4. The van der Waals surface area contributed by atoms with Crippen LogP contribution in [0, 0.1) is 0 Å². The van der Waals surface area contributed by atoms with Gasteiger partial charge in [-0.15, -0.1) is 0 Å². The molecule has 1 amide bonds. The SMILES string of the molecule is O=C(c1ccc2c(c1)CN(Cc1ccc3cc[nH]c3c1)CCO2)N1CCCC1. The van der Waals surface area contributed by atoms with Gasteiger partial charge in [0.05, 0.1) is 0 Å². The van der Waals surface area contributed by atoms with Gasteiger partial charge in [-0.2, -0.15) is 0 Å². The fourth-order valence-electron chi connectivity index (χ4n) is 4.27. The van der Waals surface area contributed by atoms with Crippen molar-refractivity contribution in [3.05, 3.63) is 65.4 Å². The summed E-state index contributed by atoms with van der Waals surface area (Å²) in [4.78, 5) is 20.4. The Morgan fingerprint density at radius 3 is 2.82 bits per heavy atom. The van der Waals surface area contributed by atoms with Gasteiger partial charge in [0.15, 0.2) is 0 Å². The molecule has 1 fully saturated rings. The molecule has 0 saturated carbocycles. The molecule has 5 nitrogen and oxygen atoms in total. The van der Waals surface area contributed by atoms with E-state index < -0.39 is 0 Å². The van der Waals surface area contributed by atoms with Crippen molar-refractivity contribution in [2.45, 2.75) is 25.9 Å². The largest absolute Gasteiger partial charge is 0.492 e. The molecule has 0 aliphatic carbocycles. The summed E-state index contributed by atoms with van der Waals surface area (Å²) in [6.07, 6.45) is 4.20. The summed E-state index contributed by atoms with van der Waals surface area (Å²) in [5.41, 5.74) is 4.33. The Balaban J connectivity index is 1.36. The number of amides is 1. The topological polar surface area (TPSA) is 48.6 Å². The number of nitrogens with one attached hydrogen (secondary N) is 1. The monoisotopic (exact) mass is 375 g/mol. The van der Waals surface area contributed by atoms with Crippen molar-refractivity contribution in [1.82, 2.24) is 14.8 Å². The Morgan fingerprint density at radius 1 is 1.04 bits per heavy atom. The average molecular weight is 375 g/mol. The van der Waals surface area contributed by atoms with E-state index in [-0.39, 0.29) is 5.91 Å². The lowest BCUT2D eigenvalue weighted by molar-refractivity contribution is 0.0792.